The lowest BCUT2D eigenvalue weighted by molar-refractivity contribution is -0.140. The lowest BCUT2D eigenvalue weighted by Gasteiger charge is -2.35. The summed E-state index contributed by atoms with van der Waals surface area (Å²) in [5.41, 5.74) is -0.418. The van der Waals surface area contributed by atoms with Crippen LogP contribution in [0, 0.1) is 5.41 Å². The second kappa shape index (κ2) is 8.03. The Morgan fingerprint density at radius 2 is 2.08 bits per heavy atom. The van der Waals surface area contributed by atoms with Gasteiger partial charge in [0.05, 0.1) is 18.7 Å². The third-order valence-corrected chi connectivity index (χ3v) is 6.28. The monoisotopic (exact) mass is 375 g/mol. The molecule has 3 rings (SSSR count). The first-order valence-electron chi connectivity index (χ1n) is 9.08. The number of carboxylic acids is 1. The van der Waals surface area contributed by atoms with Gasteiger partial charge in [0.1, 0.15) is 5.82 Å². The average Bonchev–Trinajstić information content (AvgIpc) is 3.25. The van der Waals surface area contributed by atoms with E-state index in [2.05, 4.69) is 10.4 Å². The first kappa shape index (κ1) is 18.6. The van der Waals surface area contributed by atoms with Gasteiger partial charge in [0.25, 0.3) is 0 Å². The van der Waals surface area contributed by atoms with Crippen LogP contribution in [0.25, 0.3) is 0 Å². The topological polar surface area (TPSA) is 84.2 Å². The van der Waals surface area contributed by atoms with E-state index in [1.807, 2.05) is 24.4 Å². The molecule has 0 aromatic carbocycles. The summed E-state index contributed by atoms with van der Waals surface area (Å²) in [6.45, 7) is 2.04. The molecule has 0 unspecified atom stereocenters. The molecular formula is C19H25N3O3S. The predicted octanol–water partition coefficient (Wildman–Crippen LogP) is 4.31. The van der Waals surface area contributed by atoms with Crippen molar-refractivity contribution in [3.05, 3.63) is 34.7 Å². The number of nitrogens with one attached hydrogen (secondary N) is 1. The summed E-state index contributed by atoms with van der Waals surface area (Å²) in [6.07, 6.45) is 6.70. The number of carbonyl (C=O) groups is 2. The van der Waals surface area contributed by atoms with E-state index in [-0.39, 0.29) is 24.8 Å². The van der Waals surface area contributed by atoms with Gasteiger partial charge in [-0.25, -0.2) is 4.68 Å². The number of rotatable bonds is 7. The van der Waals surface area contributed by atoms with Gasteiger partial charge in [-0.15, -0.1) is 11.3 Å². The predicted molar refractivity (Wildman–Crippen MR) is 101 cm³/mol. The first-order valence-corrected chi connectivity index (χ1v) is 9.96. The zero-order valence-corrected chi connectivity index (χ0v) is 15.8. The number of hydrogen-bond donors (Lipinski definition) is 2. The number of anilines is 1. The van der Waals surface area contributed by atoms with Crippen LogP contribution in [0.4, 0.5) is 5.82 Å². The summed E-state index contributed by atoms with van der Waals surface area (Å²) in [4.78, 5) is 25.2. The van der Waals surface area contributed by atoms with Crippen molar-refractivity contribution in [2.45, 2.75) is 57.9 Å². The summed E-state index contributed by atoms with van der Waals surface area (Å²) in [6, 6.07) is 5.86. The molecule has 26 heavy (non-hydrogen) atoms. The van der Waals surface area contributed by atoms with Crippen molar-refractivity contribution in [2.24, 2.45) is 5.41 Å². The zero-order chi connectivity index (χ0) is 18.6. The highest BCUT2D eigenvalue weighted by atomic mass is 32.1. The van der Waals surface area contributed by atoms with Gasteiger partial charge >= 0.3 is 5.97 Å². The average molecular weight is 375 g/mol. The highest BCUT2D eigenvalue weighted by molar-refractivity contribution is 7.10. The van der Waals surface area contributed by atoms with Gasteiger partial charge in [0, 0.05) is 17.4 Å². The lowest BCUT2D eigenvalue weighted by atomic mass is 9.69. The maximum absolute atomic E-state index is 12.7. The number of amides is 1. The molecule has 1 aliphatic carbocycles. The van der Waals surface area contributed by atoms with Crippen molar-refractivity contribution in [1.82, 2.24) is 9.78 Å². The fraction of sp³-hybridized carbons (Fsp3) is 0.526. The van der Waals surface area contributed by atoms with Crippen molar-refractivity contribution in [1.29, 1.82) is 0 Å². The Labute approximate surface area is 157 Å². The Morgan fingerprint density at radius 1 is 1.31 bits per heavy atom. The number of carboxylic acid groups (broad SMARTS) is 1. The third kappa shape index (κ3) is 4.33. The number of aromatic nitrogens is 2. The van der Waals surface area contributed by atoms with Crippen LogP contribution in [-0.2, 0) is 9.59 Å². The van der Waals surface area contributed by atoms with Crippen LogP contribution in [0.3, 0.4) is 0 Å². The molecule has 0 saturated heterocycles. The number of aliphatic carboxylic acids is 1. The van der Waals surface area contributed by atoms with Crippen molar-refractivity contribution in [2.75, 3.05) is 5.32 Å². The highest BCUT2D eigenvalue weighted by Crippen LogP contribution is 2.42. The summed E-state index contributed by atoms with van der Waals surface area (Å²) in [7, 11) is 0. The van der Waals surface area contributed by atoms with Gasteiger partial charge in [-0.05, 0) is 36.6 Å². The fourth-order valence-electron chi connectivity index (χ4n) is 3.94. The number of thiophene rings is 1. The molecule has 0 aliphatic heterocycles. The second-order valence-corrected chi connectivity index (χ2v) is 8.19. The second-order valence-electron chi connectivity index (χ2n) is 7.21. The van der Waals surface area contributed by atoms with Crippen LogP contribution in [0.5, 0.6) is 0 Å². The largest absolute Gasteiger partial charge is 0.481 e. The summed E-state index contributed by atoms with van der Waals surface area (Å²) >= 11 is 1.65. The summed E-state index contributed by atoms with van der Waals surface area (Å²) in [5.74, 6) is -0.304. The standard InChI is InChI=1S/C19H25N3O3S/c1-14(15-6-5-11-26-15)22-16(7-10-20-22)21-17(23)12-19(13-18(24)25)8-3-2-4-9-19/h5-7,10-11,14H,2-4,8-9,12-13H2,1H3,(H,21,23)(H,24,25)/t14-/m0/s1. The van der Waals surface area contributed by atoms with Gasteiger partial charge in [-0.3, -0.25) is 9.59 Å². The smallest absolute Gasteiger partial charge is 0.303 e. The van der Waals surface area contributed by atoms with Crippen LogP contribution < -0.4 is 5.32 Å². The van der Waals surface area contributed by atoms with Gasteiger partial charge < -0.3 is 10.4 Å². The molecule has 1 amide bonds. The number of carbonyl (C=O) groups excluding carboxylic acids is 1. The van der Waals surface area contributed by atoms with Crippen LogP contribution in [0.1, 0.15) is 62.8 Å². The van der Waals surface area contributed by atoms with E-state index in [4.69, 9.17) is 0 Å². The zero-order valence-electron chi connectivity index (χ0n) is 15.0. The van der Waals surface area contributed by atoms with E-state index in [1.165, 1.54) is 4.88 Å². The summed E-state index contributed by atoms with van der Waals surface area (Å²) < 4.78 is 1.80. The minimum absolute atomic E-state index is 0.0305. The van der Waals surface area contributed by atoms with Crippen LogP contribution in [-0.4, -0.2) is 26.8 Å². The Bertz CT molecular complexity index is 748. The molecule has 6 nitrogen and oxygen atoms in total. The molecule has 2 N–H and O–H groups in total. The molecule has 1 saturated carbocycles. The van der Waals surface area contributed by atoms with E-state index in [1.54, 1.807) is 28.3 Å². The van der Waals surface area contributed by atoms with E-state index >= 15 is 0 Å². The molecule has 0 spiro atoms. The minimum atomic E-state index is -0.823. The molecule has 0 bridgehead atoms. The lowest BCUT2D eigenvalue weighted by Crippen LogP contribution is -2.32. The van der Waals surface area contributed by atoms with E-state index < -0.39 is 11.4 Å². The van der Waals surface area contributed by atoms with E-state index in [0.29, 0.717) is 5.82 Å². The van der Waals surface area contributed by atoms with Gasteiger partial charge in [0.2, 0.25) is 5.91 Å². The summed E-state index contributed by atoms with van der Waals surface area (Å²) in [5, 5.41) is 18.6. The number of hydrogen-bond acceptors (Lipinski definition) is 4. The normalized spacial score (nSPS) is 17.6. The fourth-order valence-corrected chi connectivity index (χ4v) is 4.71. The van der Waals surface area contributed by atoms with Gasteiger partial charge in [-0.2, -0.15) is 5.10 Å². The Balaban J connectivity index is 1.70. The SMILES string of the molecule is C[C@@H](c1cccs1)n1nccc1NC(=O)CC1(CC(=O)O)CCCCC1. The van der Waals surface area contributed by atoms with Gasteiger partial charge in [0.15, 0.2) is 0 Å². The molecule has 2 aromatic rings. The molecule has 0 radical (unpaired) electrons. The molecule has 1 fully saturated rings. The first-order chi connectivity index (χ1) is 12.5. The molecule has 1 atom stereocenters. The van der Waals surface area contributed by atoms with Crippen LogP contribution >= 0.6 is 11.3 Å². The Kier molecular flexibility index (Phi) is 5.76. The highest BCUT2D eigenvalue weighted by Gasteiger charge is 2.36. The van der Waals surface area contributed by atoms with Crippen molar-refractivity contribution in [3.8, 4) is 0 Å². The quantitative estimate of drug-likeness (QED) is 0.755. The maximum Gasteiger partial charge on any atom is 0.303 e. The van der Waals surface area contributed by atoms with Crippen molar-refractivity contribution >= 4 is 29.0 Å². The molecule has 1 aliphatic rings. The van der Waals surface area contributed by atoms with Crippen molar-refractivity contribution < 1.29 is 14.7 Å². The molecule has 2 aromatic heterocycles. The van der Waals surface area contributed by atoms with Crippen LogP contribution in [0.15, 0.2) is 29.8 Å². The third-order valence-electron chi connectivity index (χ3n) is 5.24. The van der Waals surface area contributed by atoms with E-state index in [0.717, 1.165) is 32.1 Å². The van der Waals surface area contributed by atoms with E-state index in [9.17, 15) is 14.7 Å². The van der Waals surface area contributed by atoms with Gasteiger partial charge in [-0.1, -0.05) is 25.3 Å². The van der Waals surface area contributed by atoms with Crippen LogP contribution in [0.2, 0.25) is 0 Å². The number of nitrogens with zero attached hydrogens (tertiary/aromatic N) is 2. The molecular weight excluding hydrogens is 350 g/mol. The molecule has 2 heterocycles. The minimum Gasteiger partial charge on any atom is -0.481 e. The maximum atomic E-state index is 12.7. The van der Waals surface area contributed by atoms with Crippen molar-refractivity contribution in [3.63, 3.8) is 0 Å². The Hall–Kier alpha value is -2.15. The molecule has 7 heteroatoms. The Morgan fingerprint density at radius 3 is 2.73 bits per heavy atom. The molecule has 140 valence electrons.